The molecule has 47 heavy (non-hydrogen) atoms. The second-order valence-electron chi connectivity index (χ2n) is 11.9. The molecule has 0 aliphatic heterocycles. The quantitative estimate of drug-likeness (QED) is 0.174. The number of rotatable bonds is 12. The monoisotopic (exact) mass is 675 g/mol. The van der Waals surface area contributed by atoms with Crippen LogP contribution in [-0.2, 0) is 32.6 Å². The third-order valence-corrected chi connectivity index (χ3v) is 10.8. The highest BCUT2D eigenvalue weighted by atomic mass is 35.5. The minimum atomic E-state index is -4.27. The molecule has 4 aromatic rings. The Balaban J connectivity index is 1.58. The molecule has 0 heterocycles. The number of hydrogen-bond acceptors (Lipinski definition) is 4. The summed E-state index contributed by atoms with van der Waals surface area (Å²) in [6.45, 7) is 0.907. The van der Waals surface area contributed by atoms with Crippen LogP contribution in [0.3, 0.4) is 0 Å². The number of nitrogens with zero attached hydrogens (tertiary/aromatic N) is 2. The summed E-state index contributed by atoms with van der Waals surface area (Å²) in [5, 5.41) is 3.49. The van der Waals surface area contributed by atoms with Crippen LogP contribution in [0.4, 0.5) is 10.1 Å². The van der Waals surface area contributed by atoms with E-state index in [1.54, 1.807) is 55.5 Å². The summed E-state index contributed by atoms with van der Waals surface area (Å²) in [7, 11) is -4.27. The number of halogens is 2. The van der Waals surface area contributed by atoms with Crippen LogP contribution < -0.4 is 9.62 Å². The molecular weight excluding hydrogens is 637 g/mol. The summed E-state index contributed by atoms with van der Waals surface area (Å²) < 4.78 is 44.4. The van der Waals surface area contributed by atoms with Crippen molar-refractivity contribution in [1.29, 1.82) is 0 Å². The lowest BCUT2D eigenvalue weighted by molar-refractivity contribution is -0.140. The fraction of sp³-hybridized carbons (Fsp3) is 0.297. The van der Waals surface area contributed by atoms with Gasteiger partial charge in [0.15, 0.2) is 0 Å². The SMILES string of the molecule is Cc1ccc(N(CC(=O)N(Cc2ccccc2F)C(Cc2ccccc2)C(=O)NC2CCCCC2)S(=O)(=O)c2ccccc2)cc1Cl. The van der Waals surface area contributed by atoms with Gasteiger partial charge < -0.3 is 10.2 Å². The van der Waals surface area contributed by atoms with Gasteiger partial charge >= 0.3 is 0 Å². The van der Waals surface area contributed by atoms with Gasteiger partial charge in [-0.3, -0.25) is 13.9 Å². The third-order valence-electron chi connectivity index (χ3n) is 8.57. The van der Waals surface area contributed by atoms with E-state index in [2.05, 4.69) is 5.32 Å². The second kappa shape index (κ2) is 15.6. The minimum absolute atomic E-state index is 0.0129. The summed E-state index contributed by atoms with van der Waals surface area (Å²) in [5.74, 6) is -1.55. The maximum absolute atomic E-state index is 15.1. The van der Waals surface area contributed by atoms with E-state index in [4.69, 9.17) is 11.6 Å². The molecule has 1 fully saturated rings. The molecule has 4 aromatic carbocycles. The molecule has 0 saturated heterocycles. The van der Waals surface area contributed by atoms with Crippen LogP contribution >= 0.6 is 11.6 Å². The average Bonchev–Trinajstić information content (AvgIpc) is 3.08. The first-order valence-corrected chi connectivity index (χ1v) is 17.7. The molecule has 1 saturated carbocycles. The normalized spacial score (nSPS) is 14.3. The van der Waals surface area contributed by atoms with Gasteiger partial charge in [0.2, 0.25) is 11.8 Å². The standard InChI is InChI=1S/C37H39ClFN3O4S/c1-27-21-22-31(24-33(27)38)42(47(45,46)32-18-9-4-10-19-32)26-36(43)41(25-29-15-11-12-20-34(29)39)35(23-28-13-5-2-6-14-28)37(44)40-30-16-7-3-8-17-30/h2,4-6,9-15,18-22,24,30,35H,3,7-8,16-17,23,25-26H2,1H3,(H,40,44). The summed E-state index contributed by atoms with van der Waals surface area (Å²) >= 11 is 6.44. The number of carbonyl (C=O) groups is 2. The van der Waals surface area contributed by atoms with Gasteiger partial charge in [0.25, 0.3) is 10.0 Å². The molecule has 2 amide bonds. The Morgan fingerprint density at radius 1 is 0.894 bits per heavy atom. The van der Waals surface area contributed by atoms with Gasteiger partial charge in [-0.2, -0.15) is 0 Å². The van der Waals surface area contributed by atoms with Crippen molar-refractivity contribution in [3.63, 3.8) is 0 Å². The van der Waals surface area contributed by atoms with Crippen molar-refractivity contribution in [1.82, 2.24) is 10.2 Å². The van der Waals surface area contributed by atoms with Crippen molar-refractivity contribution in [3.8, 4) is 0 Å². The lowest BCUT2D eigenvalue weighted by Gasteiger charge is -2.35. The van der Waals surface area contributed by atoms with Crippen molar-refractivity contribution in [2.24, 2.45) is 0 Å². The van der Waals surface area contributed by atoms with Crippen LogP contribution in [0.5, 0.6) is 0 Å². The molecule has 1 aliphatic rings. The molecule has 246 valence electrons. The molecule has 5 rings (SSSR count). The first-order valence-electron chi connectivity index (χ1n) is 15.8. The number of benzene rings is 4. The molecular formula is C37H39ClFN3O4S. The number of hydrogen-bond donors (Lipinski definition) is 1. The third kappa shape index (κ3) is 8.58. The van der Waals surface area contributed by atoms with Crippen LogP contribution in [0, 0.1) is 12.7 Å². The fourth-order valence-corrected chi connectivity index (χ4v) is 7.50. The number of nitrogens with one attached hydrogen (secondary N) is 1. The summed E-state index contributed by atoms with van der Waals surface area (Å²) in [5.41, 5.74) is 1.94. The van der Waals surface area contributed by atoms with E-state index in [-0.39, 0.29) is 41.1 Å². The predicted octanol–water partition coefficient (Wildman–Crippen LogP) is 7.07. The zero-order valence-corrected chi connectivity index (χ0v) is 27.9. The smallest absolute Gasteiger partial charge is 0.264 e. The summed E-state index contributed by atoms with van der Waals surface area (Å²) in [6, 6.07) is 26.9. The number of amides is 2. The Bertz CT molecular complexity index is 1780. The molecule has 0 bridgehead atoms. The van der Waals surface area contributed by atoms with Crippen molar-refractivity contribution in [3.05, 3.63) is 131 Å². The van der Waals surface area contributed by atoms with Gasteiger partial charge in [0.05, 0.1) is 10.6 Å². The maximum atomic E-state index is 15.1. The maximum Gasteiger partial charge on any atom is 0.264 e. The zero-order valence-electron chi connectivity index (χ0n) is 26.3. The first kappa shape index (κ1) is 34.1. The summed E-state index contributed by atoms with van der Waals surface area (Å²) in [4.78, 5) is 30.0. The van der Waals surface area contributed by atoms with E-state index in [9.17, 15) is 18.0 Å². The zero-order chi connectivity index (χ0) is 33.4. The summed E-state index contributed by atoms with van der Waals surface area (Å²) in [6.07, 6.45) is 4.92. The average molecular weight is 676 g/mol. The van der Waals surface area contributed by atoms with Gasteiger partial charge in [-0.05, 0) is 61.2 Å². The van der Waals surface area contributed by atoms with Gasteiger partial charge in [0, 0.05) is 29.6 Å². The Labute approximate surface area is 281 Å². The van der Waals surface area contributed by atoms with E-state index in [1.807, 2.05) is 30.3 Å². The highest BCUT2D eigenvalue weighted by Gasteiger charge is 2.36. The molecule has 7 nitrogen and oxygen atoms in total. The predicted molar refractivity (Wildman–Crippen MR) is 183 cm³/mol. The largest absolute Gasteiger partial charge is 0.352 e. The Morgan fingerprint density at radius 2 is 1.53 bits per heavy atom. The van der Waals surface area contributed by atoms with Gasteiger partial charge in [-0.1, -0.05) is 104 Å². The molecule has 1 unspecified atom stereocenters. The number of carbonyl (C=O) groups excluding carboxylic acids is 2. The Kier molecular flexibility index (Phi) is 11.3. The topological polar surface area (TPSA) is 86.8 Å². The molecule has 0 aromatic heterocycles. The molecule has 1 N–H and O–H groups in total. The van der Waals surface area contributed by atoms with Crippen LogP contribution in [0.1, 0.15) is 48.8 Å². The van der Waals surface area contributed by atoms with E-state index in [0.717, 1.165) is 47.5 Å². The highest BCUT2D eigenvalue weighted by molar-refractivity contribution is 7.92. The van der Waals surface area contributed by atoms with Crippen LogP contribution in [0.15, 0.2) is 108 Å². The molecule has 0 spiro atoms. The van der Waals surface area contributed by atoms with Gasteiger partial charge in [-0.15, -0.1) is 0 Å². The van der Waals surface area contributed by atoms with E-state index < -0.39 is 34.3 Å². The van der Waals surface area contributed by atoms with E-state index in [0.29, 0.717) is 5.02 Å². The minimum Gasteiger partial charge on any atom is -0.352 e. The van der Waals surface area contributed by atoms with E-state index >= 15 is 4.39 Å². The molecule has 0 radical (unpaired) electrons. The van der Waals surface area contributed by atoms with E-state index in [1.165, 1.54) is 29.2 Å². The number of anilines is 1. The fourth-order valence-electron chi connectivity index (χ4n) is 5.89. The van der Waals surface area contributed by atoms with Crippen molar-refractivity contribution >= 4 is 39.1 Å². The highest BCUT2D eigenvalue weighted by Crippen LogP contribution is 2.29. The van der Waals surface area contributed by atoms with Crippen LogP contribution in [0.25, 0.3) is 0 Å². The van der Waals surface area contributed by atoms with Crippen molar-refractivity contribution in [2.75, 3.05) is 10.8 Å². The molecule has 1 aliphatic carbocycles. The van der Waals surface area contributed by atoms with Crippen LogP contribution in [-0.4, -0.2) is 43.8 Å². The lowest BCUT2D eigenvalue weighted by atomic mass is 9.94. The Hall–Kier alpha value is -4.21. The molecule has 10 heteroatoms. The number of aryl methyl sites for hydroxylation is 1. The molecule has 1 atom stereocenters. The van der Waals surface area contributed by atoms with Crippen molar-refractivity contribution < 1.29 is 22.4 Å². The van der Waals surface area contributed by atoms with Gasteiger partial charge in [-0.25, -0.2) is 12.8 Å². The van der Waals surface area contributed by atoms with Gasteiger partial charge in [0.1, 0.15) is 18.4 Å². The second-order valence-corrected chi connectivity index (χ2v) is 14.2. The van der Waals surface area contributed by atoms with Crippen molar-refractivity contribution in [2.45, 2.75) is 69.0 Å². The Morgan fingerprint density at radius 3 is 2.19 bits per heavy atom. The first-order chi connectivity index (χ1) is 22.6. The van der Waals surface area contributed by atoms with Crippen LogP contribution in [0.2, 0.25) is 5.02 Å². The lowest BCUT2D eigenvalue weighted by Crippen LogP contribution is -2.55. The number of sulfonamides is 1.